The number of thiazole rings is 1. The molecule has 2 N–H and O–H groups in total. The van der Waals surface area contributed by atoms with Crippen LogP contribution in [0.2, 0.25) is 0 Å². The van der Waals surface area contributed by atoms with Crippen LogP contribution in [-0.4, -0.2) is 33.0 Å². The highest BCUT2D eigenvalue weighted by Crippen LogP contribution is 2.23. The number of hydrogen-bond acceptors (Lipinski definition) is 5. The number of carbonyl (C=O) groups excluding carboxylic acids is 1. The molecule has 0 aliphatic carbocycles. The minimum absolute atomic E-state index is 0.173. The van der Waals surface area contributed by atoms with Crippen molar-refractivity contribution in [2.24, 2.45) is 5.92 Å². The summed E-state index contributed by atoms with van der Waals surface area (Å²) in [4.78, 5) is 32.1. The molecule has 6 nitrogen and oxygen atoms in total. The van der Waals surface area contributed by atoms with E-state index in [1.54, 1.807) is 18.3 Å². The molecular weight excluding hydrogens is 302 g/mol. The molecule has 0 saturated carbocycles. The average Bonchev–Trinajstić information content (AvgIpc) is 2.96. The molecule has 7 heteroatoms. The largest absolute Gasteiger partial charge is 0.480 e. The summed E-state index contributed by atoms with van der Waals surface area (Å²) in [5.74, 6) is -1.28. The quantitative estimate of drug-likeness (QED) is 0.853. The second-order valence-electron chi connectivity index (χ2n) is 5.24. The molecule has 0 aliphatic rings. The zero-order valence-corrected chi connectivity index (χ0v) is 13.1. The summed E-state index contributed by atoms with van der Waals surface area (Å²) in [6.45, 7) is 3.82. The van der Waals surface area contributed by atoms with Crippen LogP contribution in [0.5, 0.6) is 0 Å². The maximum Gasteiger partial charge on any atom is 0.326 e. The first-order chi connectivity index (χ1) is 10.5. The number of carbonyl (C=O) groups is 2. The summed E-state index contributed by atoms with van der Waals surface area (Å²) < 4.78 is 0. The van der Waals surface area contributed by atoms with E-state index in [9.17, 15) is 9.59 Å². The van der Waals surface area contributed by atoms with Crippen molar-refractivity contribution in [3.63, 3.8) is 0 Å². The third-order valence-corrected chi connectivity index (χ3v) is 3.94. The Morgan fingerprint density at radius 3 is 2.68 bits per heavy atom. The molecule has 0 aliphatic heterocycles. The van der Waals surface area contributed by atoms with E-state index in [2.05, 4.69) is 15.3 Å². The highest BCUT2D eigenvalue weighted by atomic mass is 32.1. The molecule has 2 aromatic rings. The fourth-order valence-electron chi connectivity index (χ4n) is 1.91. The number of carboxylic acid groups (broad SMARTS) is 1. The van der Waals surface area contributed by atoms with Crippen molar-refractivity contribution in [2.75, 3.05) is 0 Å². The van der Waals surface area contributed by atoms with Gasteiger partial charge in [-0.3, -0.25) is 9.78 Å². The van der Waals surface area contributed by atoms with Gasteiger partial charge in [0, 0.05) is 6.20 Å². The standard InChI is InChI=1S/C15H17N3O3S/c1-9(2)7-11(15(20)21)18-13(19)12-8-17-14(22-12)10-5-3-4-6-16-10/h3-6,8-9,11H,7H2,1-2H3,(H,18,19)(H,20,21)/t11-/m1/s1. The van der Waals surface area contributed by atoms with Crippen LogP contribution in [0.15, 0.2) is 30.6 Å². The second-order valence-corrected chi connectivity index (χ2v) is 6.27. The van der Waals surface area contributed by atoms with Crippen LogP contribution in [0.3, 0.4) is 0 Å². The number of hydrogen-bond donors (Lipinski definition) is 2. The number of pyridine rings is 1. The summed E-state index contributed by atoms with van der Waals surface area (Å²) in [6.07, 6.45) is 3.48. The first-order valence-electron chi connectivity index (χ1n) is 6.88. The summed E-state index contributed by atoms with van der Waals surface area (Å²) in [5, 5.41) is 12.3. The molecule has 1 atom stereocenters. The van der Waals surface area contributed by atoms with Crippen LogP contribution in [0.1, 0.15) is 29.9 Å². The minimum Gasteiger partial charge on any atom is -0.480 e. The van der Waals surface area contributed by atoms with E-state index in [1.165, 1.54) is 17.5 Å². The molecule has 2 heterocycles. The summed E-state index contributed by atoms with van der Waals surface area (Å²) in [7, 11) is 0. The smallest absolute Gasteiger partial charge is 0.326 e. The van der Waals surface area contributed by atoms with Crippen LogP contribution in [0, 0.1) is 5.92 Å². The molecule has 1 amide bonds. The molecule has 0 unspecified atom stereocenters. The monoisotopic (exact) mass is 319 g/mol. The van der Waals surface area contributed by atoms with E-state index in [-0.39, 0.29) is 5.92 Å². The van der Waals surface area contributed by atoms with Crippen molar-refractivity contribution in [1.82, 2.24) is 15.3 Å². The van der Waals surface area contributed by atoms with E-state index >= 15 is 0 Å². The van der Waals surface area contributed by atoms with Gasteiger partial charge in [0.1, 0.15) is 15.9 Å². The van der Waals surface area contributed by atoms with Gasteiger partial charge in [0.05, 0.1) is 11.9 Å². The number of aliphatic carboxylic acids is 1. The van der Waals surface area contributed by atoms with E-state index < -0.39 is 17.9 Å². The van der Waals surface area contributed by atoms with Gasteiger partial charge in [-0.1, -0.05) is 19.9 Å². The SMILES string of the molecule is CC(C)C[C@@H](NC(=O)c1cnc(-c2ccccn2)s1)C(=O)O. The Morgan fingerprint density at radius 2 is 2.09 bits per heavy atom. The second kappa shape index (κ2) is 7.13. The Bertz CT molecular complexity index is 655. The van der Waals surface area contributed by atoms with Gasteiger partial charge in [0.25, 0.3) is 5.91 Å². The van der Waals surface area contributed by atoms with Gasteiger partial charge in [-0.25, -0.2) is 9.78 Å². The number of carboxylic acids is 1. The highest BCUT2D eigenvalue weighted by molar-refractivity contribution is 7.16. The molecule has 0 radical (unpaired) electrons. The predicted octanol–water partition coefficient (Wildman–Crippen LogP) is 2.43. The van der Waals surface area contributed by atoms with E-state index in [0.717, 1.165) is 0 Å². The molecular formula is C15H17N3O3S. The van der Waals surface area contributed by atoms with Crippen molar-refractivity contribution in [3.8, 4) is 10.7 Å². The Morgan fingerprint density at radius 1 is 1.32 bits per heavy atom. The molecule has 0 saturated heterocycles. The maximum atomic E-state index is 12.2. The van der Waals surface area contributed by atoms with Gasteiger partial charge in [-0.05, 0) is 24.5 Å². The topological polar surface area (TPSA) is 92.2 Å². The van der Waals surface area contributed by atoms with Gasteiger partial charge >= 0.3 is 5.97 Å². The van der Waals surface area contributed by atoms with Crippen molar-refractivity contribution >= 4 is 23.2 Å². The number of amides is 1. The van der Waals surface area contributed by atoms with E-state index in [0.29, 0.717) is 22.0 Å². The molecule has 22 heavy (non-hydrogen) atoms. The van der Waals surface area contributed by atoms with Crippen molar-refractivity contribution < 1.29 is 14.7 Å². The maximum absolute atomic E-state index is 12.2. The lowest BCUT2D eigenvalue weighted by molar-refractivity contribution is -0.139. The zero-order chi connectivity index (χ0) is 16.1. The number of rotatable bonds is 6. The van der Waals surface area contributed by atoms with Gasteiger partial charge in [-0.2, -0.15) is 0 Å². The molecule has 0 bridgehead atoms. The van der Waals surface area contributed by atoms with Crippen LogP contribution in [-0.2, 0) is 4.79 Å². The fourth-order valence-corrected chi connectivity index (χ4v) is 2.71. The number of aromatic nitrogens is 2. The minimum atomic E-state index is -1.03. The molecule has 0 aromatic carbocycles. The average molecular weight is 319 g/mol. The van der Waals surface area contributed by atoms with E-state index in [4.69, 9.17) is 5.11 Å². The third kappa shape index (κ3) is 4.11. The molecule has 2 aromatic heterocycles. The van der Waals surface area contributed by atoms with Crippen molar-refractivity contribution in [3.05, 3.63) is 35.5 Å². The highest BCUT2D eigenvalue weighted by Gasteiger charge is 2.23. The van der Waals surface area contributed by atoms with Gasteiger partial charge < -0.3 is 10.4 Å². The van der Waals surface area contributed by atoms with E-state index in [1.807, 2.05) is 19.9 Å². The van der Waals surface area contributed by atoms with Crippen molar-refractivity contribution in [1.29, 1.82) is 0 Å². The Labute approximate surface area is 132 Å². The summed E-state index contributed by atoms with van der Waals surface area (Å²) >= 11 is 1.19. The lowest BCUT2D eigenvalue weighted by atomic mass is 10.0. The zero-order valence-electron chi connectivity index (χ0n) is 12.3. The lowest BCUT2D eigenvalue weighted by Crippen LogP contribution is -2.41. The van der Waals surface area contributed by atoms with Crippen LogP contribution < -0.4 is 5.32 Å². The number of nitrogens with one attached hydrogen (secondary N) is 1. The Balaban J connectivity index is 2.10. The summed E-state index contributed by atoms with van der Waals surface area (Å²) in [6, 6.07) is 4.55. The van der Waals surface area contributed by atoms with Crippen LogP contribution >= 0.6 is 11.3 Å². The molecule has 0 fully saturated rings. The van der Waals surface area contributed by atoms with Gasteiger partial charge in [-0.15, -0.1) is 11.3 Å². The number of nitrogens with zero attached hydrogens (tertiary/aromatic N) is 2. The van der Waals surface area contributed by atoms with Crippen LogP contribution in [0.25, 0.3) is 10.7 Å². The molecule has 0 spiro atoms. The van der Waals surface area contributed by atoms with Crippen molar-refractivity contribution in [2.45, 2.75) is 26.3 Å². The normalized spacial score (nSPS) is 12.1. The van der Waals surface area contributed by atoms with Gasteiger partial charge in [0.15, 0.2) is 0 Å². The fraction of sp³-hybridized carbons (Fsp3) is 0.333. The Kier molecular flexibility index (Phi) is 5.21. The molecule has 2 rings (SSSR count). The van der Waals surface area contributed by atoms with Crippen LogP contribution in [0.4, 0.5) is 0 Å². The Hall–Kier alpha value is -2.28. The first-order valence-corrected chi connectivity index (χ1v) is 7.70. The first kappa shape index (κ1) is 16.1. The van der Waals surface area contributed by atoms with Gasteiger partial charge in [0.2, 0.25) is 0 Å². The summed E-state index contributed by atoms with van der Waals surface area (Å²) in [5.41, 5.74) is 0.684. The third-order valence-electron chi connectivity index (χ3n) is 2.92. The predicted molar refractivity (Wildman–Crippen MR) is 83.7 cm³/mol. The lowest BCUT2D eigenvalue weighted by Gasteiger charge is -2.15. The molecule has 116 valence electrons.